The highest BCUT2D eigenvalue weighted by Gasteiger charge is 1.98. The molecule has 0 aliphatic heterocycles. The number of nitrogens with zero attached hydrogens (tertiary/aromatic N) is 3. The average molecular weight is 203 g/mol. The van der Waals surface area contributed by atoms with Crippen LogP contribution < -0.4 is 10.6 Å². The van der Waals surface area contributed by atoms with Crippen molar-refractivity contribution in [3.8, 4) is 0 Å². The molecule has 5 heteroatoms. The second-order valence-electron chi connectivity index (χ2n) is 3.19. The lowest BCUT2D eigenvalue weighted by Crippen LogP contribution is -1.96. The van der Waals surface area contributed by atoms with Gasteiger partial charge in [0.15, 0.2) is 0 Å². The standard InChI is InChI=1S/C10H13N5/c1-11-9-4-3-5-10(14-9)13-8-6-12-15(2)7-8/h3-7H,1-2H3,(H2,11,13,14). The second-order valence-corrected chi connectivity index (χ2v) is 3.19. The molecule has 0 saturated heterocycles. The molecule has 0 amide bonds. The number of hydrogen-bond donors (Lipinski definition) is 2. The Labute approximate surface area is 88.1 Å². The van der Waals surface area contributed by atoms with Crippen LogP contribution in [-0.2, 0) is 7.05 Å². The van der Waals surface area contributed by atoms with E-state index in [0.717, 1.165) is 17.3 Å². The van der Waals surface area contributed by atoms with Gasteiger partial charge >= 0.3 is 0 Å². The highest BCUT2D eigenvalue weighted by atomic mass is 15.3. The molecule has 2 aromatic heterocycles. The van der Waals surface area contributed by atoms with Crippen LogP contribution in [0.5, 0.6) is 0 Å². The molecule has 2 N–H and O–H groups in total. The van der Waals surface area contributed by atoms with E-state index in [2.05, 4.69) is 20.7 Å². The molecule has 15 heavy (non-hydrogen) atoms. The fourth-order valence-electron chi connectivity index (χ4n) is 1.28. The number of anilines is 3. The monoisotopic (exact) mass is 203 g/mol. The van der Waals surface area contributed by atoms with E-state index in [1.165, 1.54) is 0 Å². The van der Waals surface area contributed by atoms with Crippen LogP contribution in [0.3, 0.4) is 0 Å². The number of rotatable bonds is 3. The summed E-state index contributed by atoms with van der Waals surface area (Å²) in [5, 5.41) is 10.2. The highest BCUT2D eigenvalue weighted by Crippen LogP contribution is 2.14. The Morgan fingerprint density at radius 2 is 2.07 bits per heavy atom. The molecule has 2 heterocycles. The van der Waals surface area contributed by atoms with Crippen LogP contribution in [0.25, 0.3) is 0 Å². The van der Waals surface area contributed by atoms with Crippen molar-refractivity contribution in [1.82, 2.24) is 14.8 Å². The minimum absolute atomic E-state index is 0.801. The second kappa shape index (κ2) is 4.00. The number of hydrogen-bond acceptors (Lipinski definition) is 4. The molecule has 0 saturated carbocycles. The Morgan fingerprint density at radius 3 is 2.73 bits per heavy atom. The van der Waals surface area contributed by atoms with Gasteiger partial charge < -0.3 is 10.6 Å². The summed E-state index contributed by atoms with van der Waals surface area (Å²) in [6.07, 6.45) is 3.65. The van der Waals surface area contributed by atoms with Crippen LogP contribution in [0, 0.1) is 0 Å². The van der Waals surface area contributed by atoms with Crippen molar-refractivity contribution >= 4 is 17.3 Å². The molecule has 0 atom stereocenters. The lowest BCUT2D eigenvalue weighted by atomic mass is 10.4. The van der Waals surface area contributed by atoms with Crippen molar-refractivity contribution in [2.24, 2.45) is 7.05 Å². The van der Waals surface area contributed by atoms with Crippen LogP contribution in [0.2, 0.25) is 0 Å². The van der Waals surface area contributed by atoms with Gasteiger partial charge in [-0.1, -0.05) is 6.07 Å². The normalized spacial score (nSPS) is 10.0. The van der Waals surface area contributed by atoms with Gasteiger partial charge in [-0.05, 0) is 12.1 Å². The van der Waals surface area contributed by atoms with Crippen molar-refractivity contribution in [3.05, 3.63) is 30.6 Å². The van der Waals surface area contributed by atoms with Crippen LogP contribution in [0.15, 0.2) is 30.6 Å². The van der Waals surface area contributed by atoms with Crippen molar-refractivity contribution < 1.29 is 0 Å². The Balaban J connectivity index is 2.16. The van der Waals surface area contributed by atoms with Gasteiger partial charge in [0.2, 0.25) is 0 Å². The third-order valence-electron chi connectivity index (χ3n) is 1.98. The van der Waals surface area contributed by atoms with E-state index in [9.17, 15) is 0 Å². The van der Waals surface area contributed by atoms with Crippen molar-refractivity contribution in [1.29, 1.82) is 0 Å². The largest absolute Gasteiger partial charge is 0.373 e. The molecule has 0 radical (unpaired) electrons. The first-order valence-corrected chi connectivity index (χ1v) is 4.68. The predicted octanol–water partition coefficient (Wildman–Crippen LogP) is 1.60. The van der Waals surface area contributed by atoms with Gasteiger partial charge in [0.1, 0.15) is 11.6 Å². The summed E-state index contributed by atoms with van der Waals surface area (Å²) in [6, 6.07) is 5.76. The number of nitrogens with one attached hydrogen (secondary N) is 2. The minimum atomic E-state index is 0.801. The first kappa shape index (κ1) is 9.51. The summed E-state index contributed by atoms with van der Waals surface area (Å²) in [4.78, 5) is 4.34. The molecular weight excluding hydrogens is 190 g/mol. The predicted molar refractivity (Wildman–Crippen MR) is 60.3 cm³/mol. The van der Waals surface area contributed by atoms with Crippen molar-refractivity contribution in [2.45, 2.75) is 0 Å². The maximum atomic E-state index is 4.34. The number of aryl methyl sites for hydroxylation is 1. The van der Waals surface area contributed by atoms with Crippen molar-refractivity contribution in [2.75, 3.05) is 17.7 Å². The molecule has 2 aromatic rings. The number of pyridine rings is 1. The average Bonchev–Trinajstić information content (AvgIpc) is 2.64. The van der Waals surface area contributed by atoms with Gasteiger partial charge in [-0.25, -0.2) is 4.98 Å². The lowest BCUT2D eigenvalue weighted by molar-refractivity contribution is 0.768. The zero-order valence-corrected chi connectivity index (χ0v) is 8.73. The molecule has 0 aromatic carbocycles. The van der Waals surface area contributed by atoms with E-state index in [1.807, 2.05) is 38.5 Å². The van der Waals surface area contributed by atoms with Crippen molar-refractivity contribution in [3.63, 3.8) is 0 Å². The zero-order valence-electron chi connectivity index (χ0n) is 8.73. The van der Waals surface area contributed by atoms with Gasteiger partial charge in [-0.2, -0.15) is 5.10 Å². The minimum Gasteiger partial charge on any atom is -0.373 e. The van der Waals surface area contributed by atoms with E-state index in [-0.39, 0.29) is 0 Å². The molecule has 0 unspecified atom stereocenters. The fraction of sp³-hybridized carbons (Fsp3) is 0.200. The summed E-state index contributed by atoms with van der Waals surface area (Å²) in [7, 11) is 3.72. The lowest BCUT2D eigenvalue weighted by Gasteiger charge is -2.04. The smallest absolute Gasteiger partial charge is 0.132 e. The summed E-state index contributed by atoms with van der Waals surface area (Å²) in [5.41, 5.74) is 0.929. The summed E-state index contributed by atoms with van der Waals surface area (Å²) in [6.45, 7) is 0. The third kappa shape index (κ3) is 2.25. The Bertz CT molecular complexity index is 449. The number of aromatic nitrogens is 3. The summed E-state index contributed by atoms with van der Waals surface area (Å²) in [5.74, 6) is 1.64. The van der Waals surface area contributed by atoms with Gasteiger partial charge in [0.05, 0.1) is 11.9 Å². The molecule has 0 aliphatic carbocycles. The molecule has 0 bridgehead atoms. The van der Waals surface area contributed by atoms with E-state index >= 15 is 0 Å². The van der Waals surface area contributed by atoms with Crippen LogP contribution >= 0.6 is 0 Å². The molecule has 5 nitrogen and oxygen atoms in total. The SMILES string of the molecule is CNc1cccc(Nc2cnn(C)c2)n1. The van der Waals surface area contributed by atoms with Gasteiger partial charge in [-0.15, -0.1) is 0 Å². The highest BCUT2D eigenvalue weighted by molar-refractivity contribution is 5.56. The first-order valence-electron chi connectivity index (χ1n) is 4.68. The van der Waals surface area contributed by atoms with Gasteiger partial charge in [0, 0.05) is 20.3 Å². The molecule has 0 spiro atoms. The molecular formula is C10H13N5. The van der Waals surface area contributed by atoms with Crippen LogP contribution in [0.1, 0.15) is 0 Å². The molecule has 78 valence electrons. The zero-order chi connectivity index (χ0) is 10.7. The first-order chi connectivity index (χ1) is 7.28. The Morgan fingerprint density at radius 1 is 1.27 bits per heavy atom. The molecule has 0 aliphatic rings. The van der Waals surface area contributed by atoms with E-state index < -0.39 is 0 Å². The molecule has 0 fully saturated rings. The third-order valence-corrected chi connectivity index (χ3v) is 1.98. The molecule has 2 rings (SSSR count). The van der Waals surface area contributed by atoms with Crippen LogP contribution in [-0.4, -0.2) is 21.8 Å². The Kier molecular flexibility index (Phi) is 2.53. The van der Waals surface area contributed by atoms with E-state index in [1.54, 1.807) is 10.9 Å². The van der Waals surface area contributed by atoms with Gasteiger partial charge in [-0.3, -0.25) is 4.68 Å². The fourth-order valence-corrected chi connectivity index (χ4v) is 1.28. The summed E-state index contributed by atoms with van der Waals surface area (Å²) >= 11 is 0. The maximum Gasteiger partial charge on any atom is 0.132 e. The van der Waals surface area contributed by atoms with E-state index in [4.69, 9.17) is 0 Å². The Hall–Kier alpha value is -2.04. The van der Waals surface area contributed by atoms with E-state index in [0.29, 0.717) is 0 Å². The summed E-state index contributed by atoms with van der Waals surface area (Å²) < 4.78 is 1.74. The quantitative estimate of drug-likeness (QED) is 0.795. The maximum absolute atomic E-state index is 4.34. The topological polar surface area (TPSA) is 54.8 Å². The van der Waals surface area contributed by atoms with Crippen LogP contribution in [0.4, 0.5) is 17.3 Å². The van der Waals surface area contributed by atoms with Gasteiger partial charge in [0.25, 0.3) is 0 Å².